The summed E-state index contributed by atoms with van der Waals surface area (Å²) in [4.78, 5) is 0. The molecule has 0 amide bonds. The van der Waals surface area contributed by atoms with E-state index < -0.39 is 0 Å². The first-order chi connectivity index (χ1) is 7.71. The molecule has 2 aliphatic rings. The van der Waals surface area contributed by atoms with Crippen LogP contribution in [0.4, 0.5) is 0 Å². The van der Waals surface area contributed by atoms with Gasteiger partial charge in [-0.1, -0.05) is 38.5 Å². The summed E-state index contributed by atoms with van der Waals surface area (Å²) in [5.41, 5.74) is 4.17. The zero-order valence-corrected chi connectivity index (χ0v) is 11.1. The van der Waals surface area contributed by atoms with E-state index in [2.05, 4.69) is 24.4 Å². The lowest BCUT2D eigenvalue weighted by Crippen LogP contribution is -2.55. The third kappa shape index (κ3) is 2.98. The van der Waals surface area contributed by atoms with Crippen LogP contribution >= 0.6 is 0 Å². The van der Waals surface area contributed by atoms with Gasteiger partial charge in [0.1, 0.15) is 0 Å². The molecule has 0 radical (unpaired) electrons. The van der Waals surface area contributed by atoms with Gasteiger partial charge in [-0.2, -0.15) is 0 Å². The average molecular weight is 224 g/mol. The number of rotatable bonds is 3. The summed E-state index contributed by atoms with van der Waals surface area (Å²) in [5.74, 6) is 0. The van der Waals surface area contributed by atoms with Gasteiger partial charge in [0.25, 0.3) is 0 Å². The van der Waals surface area contributed by atoms with Gasteiger partial charge in [-0.25, -0.2) is 5.01 Å². The third-order valence-corrected chi connectivity index (χ3v) is 4.72. The van der Waals surface area contributed by atoms with Crippen molar-refractivity contribution in [3.63, 3.8) is 0 Å². The minimum atomic E-state index is 0.412. The van der Waals surface area contributed by atoms with Gasteiger partial charge >= 0.3 is 0 Å². The molecule has 16 heavy (non-hydrogen) atoms. The van der Waals surface area contributed by atoms with Gasteiger partial charge in [-0.3, -0.25) is 5.43 Å². The number of hydrazine groups is 1. The zero-order chi connectivity index (χ0) is 11.4. The van der Waals surface area contributed by atoms with Crippen molar-refractivity contribution in [3.05, 3.63) is 0 Å². The highest BCUT2D eigenvalue weighted by atomic mass is 15.5. The van der Waals surface area contributed by atoms with Crippen LogP contribution in [0.5, 0.6) is 0 Å². The number of hydrogen-bond donors (Lipinski definition) is 1. The minimum absolute atomic E-state index is 0.412. The number of nitrogens with zero attached hydrogens (tertiary/aromatic N) is 1. The lowest BCUT2D eigenvalue weighted by molar-refractivity contribution is 0.0231. The molecule has 0 heterocycles. The van der Waals surface area contributed by atoms with E-state index >= 15 is 0 Å². The summed E-state index contributed by atoms with van der Waals surface area (Å²) in [5, 5.41) is 2.45. The standard InChI is InChI=1S/C14H28N2/c1-14(11-7-4-8-12-14)16(2)15-13-9-5-3-6-10-13/h13,15H,3-12H2,1-2H3. The fraction of sp³-hybridized carbons (Fsp3) is 1.00. The van der Waals surface area contributed by atoms with Crippen molar-refractivity contribution in [1.82, 2.24) is 10.4 Å². The van der Waals surface area contributed by atoms with Crippen molar-refractivity contribution in [2.75, 3.05) is 7.05 Å². The van der Waals surface area contributed by atoms with Crippen LogP contribution in [0.15, 0.2) is 0 Å². The summed E-state index contributed by atoms with van der Waals surface area (Å²) in [6.07, 6.45) is 14.0. The average Bonchev–Trinajstić information content (AvgIpc) is 2.31. The van der Waals surface area contributed by atoms with Crippen LogP contribution in [0, 0.1) is 0 Å². The van der Waals surface area contributed by atoms with Crippen LogP contribution in [-0.2, 0) is 0 Å². The maximum Gasteiger partial charge on any atom is 0.0323 e. The Labute approximate surface area is 101 Å². The van der Waals surface area contributed by atoms with Crippen molar-refractivity contribution >= 4 is 0 Å². The van der Waals surface area contributed by atoms with Crippen molar-refractivity contribution in [1.29, 1.82) is 0 Å². The van der Waals surface area contributed by atoms with Crippen LogP contribution in [0.3, 0.4) is 0 Å². The molecule has 0 spiro atoms. The Morgan fingerprint density at radius 2 is 1.50 bits per heavy atom. The molecular weight excluding hydrogens is 196 g/mol. The van der Waals surface area contributed by atoms with Crippen molar-refractivity contribution in [2.24, 2.45) is 0 Å². The summed E-state index contributed by atoms with van der Waals surface area (Å²) in [6, 6.07) is 0.748. The lowest BCUT2D eigenvalue weighted by atomic mass is 9.83. The molecule has 0 aromatic rings. The molecule has 0 aliphatic heterocycles. The summed E-state index contributed by atoms with van der Waals surface area (Å²) >= 11 is 0. The molecule has 0 aromatic carbocycles. The van der Waals surface area contributed by atoms with Gasteiger partial charge in [0.05, 0.1) is 0 Å². The molecule has 0 aromatic heterocycles. The maximum absolute atomic E-state index is 3.76. The zero-order valence-electron chi connectivity index (χ0n) is 11.1. The quantitative estimate of drug-likeness (QED) is 0.738. The summed E-state index contributed by atoms with van der Waals surface area (Å²) in [6.45, 7) is 2.43. The van der Waals surface area contributed by atoms with Crippen LogP contribution in [0.25, 0.3) is 0 Å². The molecule has 0 saturated heterocycles. The summed E-state index contributed by atoms with van der Waals surface area (Å²) in [7, 11) is 2.26. The molecule has 2 nitrogen and oxygen atoms in total. The normalized spacial score (nSPS) is 27.2. The maximum atomic E-state index is 3.76. The van der Waals surface area contributed by atoms with Crippen LogP contribution in [0.1, 0.15) is 71.1 Å². The Bertz CT molecular complexity index is 203. The van der Waals surface area contributed by atoms with Crippen molar-refractivity contribution in [2.45, 2.75) is 82.7 Å². The van der Waals surface area contributed by atoms with E-state index in [-0.39, 0.29) is 0 Å². The third-order valence-electron chi connectivity index (χ3n) is 4.72. The fourth-order valence-corrected chi connectivity index (χ4v) is 3.31. The largest absolute Gasteiger partial charge is 0.252 e. The fourth-order valence-electron chi connectivity index (χ4n) is 3.31. The van der Waals surface area contributed by atoms with E-state index in [0.29, 0.717) is 5.54 Å². The second kappa shape index (κ2) is 5.50. The predicted octanol–water partition coefficient (Wildman–Crippen LogP) is 3.48. The Kier molecular flexibility index (Phi) is 4.26. The molecule has 2 saturated carbocycles. The highest BCUT2D eigenvalue weighted by Crippen LogP contribution is 2.32. The van der Waals surface area contributed by atoms with Crippen molar-refractivity contribution < 1.29 is 0 Å². The smallest absolute Gasteiger partial charge is 0.0323 e. The monoisotopic (exact) mass is 224 g/mol. The number of hydrogen-bond acceptors (Lipinski definition) is 2. The molecule has 2 rings (SSSR count). The Morgan fingerprint density at radius 3 is 2.12 bits per heavy atom. The van der Waals surface area contributed by atoms with E-state index in [0.717, 1.165) is 6.04 Å². The van der Waals surface area contributed by atoms with Crippen LogP contribution in [-0.4, -0.2) is 23.6 Å². The molecule has 0 bridgehead atoms. The Morgan fingerprint density at radius 1 is 0.938 bits per heavy atom. The summed E-state index contributed by atoms with van der Waals surface area (Å²) < 4.78 is 0. The predicted molar refractivity (Wildman–Crippen MR) is 69.3 cm³/mol. The molecular formula is C14H28N2. The molecule has 2 aliphatic carbocycles. The second-order valence-electron chi connectivity index (χ2n) is 6.08. The van der Waals surface area contributed by atoms with E-state index in [9.17, 15) is 0 Å². The van der Waals surface area contributed by atoms with Gasteiger partial charge in [-0.15, -0.1) is 0 Å². The minimum Gasteiger partial charge on any atom is -0.252 e. The van der Waals surface area contributed by atoms with Gasteiger partial charge in [-0.05, 0) is 32.6 Å². The van der Waals surface area contributed by atoms with Gasteiger partial charge in [0.2, 0.25) is 0 Å². The Balaban J connectivity index is 1.83. The molecule has 0 unspecified atom stereocenters. The topological polar surface area (TPSA) is 15.3 Å². The van der Waals surface area contributed by atoms with Crippen LogP contribution < -0.4 is 5.43 Å². The van der Waals surface area contributed by atoms with E-state index in [1.165, 1.54) is 64.2 Å². The second-order valence-corrected chi connectivity index (χ2v) is 6.08. The first-order valence-electron chi connectivity index (χ1n) is 7.21. The van der Waals surface area contributed by atoms with Crippen molar-refractivity contribution in [3.8, 4) is 0 Å². The molecule has 2 fully saturated rings. The van der Waals surface area contributed by atoms with Gasteiger partial charge in [0, 0.05) is 18.6 Å². The SMILES string of the molecule is CN(NC1CCCCC1)C1(C)CCCCC1. The van der Waals surface area contributed by atoms with Gasteiger partial charge < -0.3 is 0 Å². The number of nitrogens with one attached hydrogen (secondary N) is 1. The van der Waals surface area contributed by atoms with E-state index in [1.807, 2.05) is 0 Å². The van der Waals surface area contributed by atoms with E-state index in [1.54, 1.807) is 0 Å². The first-order valence-corrected chi connectivity index (χ1v) is 7.21. The highest BCUT2D eigenvalue weighted by molar-refractivity contribution is 4.87. The van der Waals surface area contributed by atoms with Crippen LogP contribution in [0.2, 0.25) is 0 Å². The highest BCUT2D eigenvalue weighted by Gasteiger charge is 2.32. The van der Waals surface area contributed by atoms with Gasteiger partial charge in [0.15, 0.2) is 0 Å². The Hall–Kier alpha value is -0.0800. The molecule has 2 heteroatoms. The molecule has 1 N–H and O–H groups in total. The molecule has 0 atom stereocenters. The molecule has 94 valence electrons. The lowest BCUT2D eigenvalue weighted by Gasteiger charge is -2.44. The van der Waals surface area contributed by atoms with E-state index in [4.69, 9.17) is 0 Å². The first kappa shape index (κ1) is 12.4.